The summed E-state index contributed by atoms with van der Waals surface area (Å²) in [5.74, 6) is 0. The van der Waals surface area contributed by atoms with Crippen LogP contribution in [0.2, 0.25) is 0 Å². The van der Waals surface area contributed by atoms with Crippen LogP contribution in [-0.4, -0.2) is 0 Å². The van der Waals surface area contributed by atoms with Crippen molar-refractivity contribution in [2.75, 3.05) is 4.90 Å². The summed E-state index contributed by atoms with van der Waals surface area (Å²) in [6, 6.07) is 52.4. The van der Waals surface area contributed by atoms with Crippen molar-refractivity contribution < 1.29 is 4.42 Å². The fourth-order valence-corrected chi connectivity index (χ4v) is 10.1. The van der Waals surface area contributed by atoms with E-state index in [1.165, 1.54) is 61.2 Å². The Labute approximate surface area is 344 Å². The number of benzene rings is 7. The van der Waals surface area contributed by atoms with Gasteiger partial charge in [-0.25, -0.2) is 0 Å². The van der Waals surface area contributed by atoms with Crippen molar-refractivity contribution in [1.82, 2.24) is 0 Å². The topological polar surface area (TPSA) is 16.4 Å². The Morgan fingerprint density at radius 3 is 1.78 bits per heavy atom. The standard InChI is InChI=1S/C56H53NO/c1-53(2,3)36-24-22-34(23-25-36)35-30-43-41-17-12-14-21-50(41)58-52(43)49(31-35)57(37-26-28-40-39-16-11-13-18-44(39)55(7,8)47(40)32-37)38-27-29-42-48(33-38)56(9,10)46-20-15-19-45(51(42)46)54(4,5)6/h11-33H,1-10H3. The Morgan fingerprint density at radius 1 is 0.466 bits per heavy atom. The van der Waals surface area contributed by atoms with Crippen LogP contribution < -0.4 is 4.90 Å². The second-order valence-corrected chi connectivity index (χ2v) is 19.9. The largest absolute Gasteiger partial charge is 0.454 e. The van der Waals surface area contributed by atoms with E-state index in [0.717, 1.165) is 44.6 Å². The molecule has 2 heteroatoms. The Bertz CT molecular complexity index is 2960. The number of rotatable bonds is 4. The Kier molecular flexibility index (Phi) is 7.75. The van der Waals surface area contributed by atoms with E-state index < -0.39 is 0 Å². The minimum atomic E-state index is -0.180. The molecule has 2 aliphatic carbocycles. The molecule has 0 fully saturated rings. The number of hydrogen-bond donors (Lipinski definition) is 0. The molecule has 2 nitrogen and oxygen atoms in total. The molecule has 288 valence electrons. The van der Waals surface area contributed by atoms with Gasteiger partial charge in [-0.05, 0) is 120 Å². The van der Waals surface area contributed by atoms with Crippen LogP contribution >= 0.6 is 0 Å². The fourth-order valence-electron chi connectivity index (χ4n) is 10.1. The van der Waals surface area contributed by atoms with Gasteiger partial charge in [0.2, 0.25) is 0 Å². The number of nitrogens with zero attached hydrogens (tertiary/aromatic N) is 1. The summed E-state index contributed by atoms with van der Waals surface area (Å²) in [5, 5.41) is 2.24. The van der Waals surface area contributed by atoms with Gasteiger partial charge in [0.05, 0.1) is 5.69 Å². The van der Waals surface area contributed by atoms with E-state index in [1.54, 1.807) is 0 Å². The van der Waals surface area contributed by atoms with Crippen molar-refractivity contribution in [1.29, 1.82) is 0 Å². The van der Waals surface area contributed by atoms with Crippen LogP contribution in [-0.2, 0) is 21.7 Å². The lowest BCUT2D eigenvalue weighted by Gasteiger charge is -2.30. The zero-order valence-electron chi connectivity index (χ0n) is 35.6. The fraction of sp³-hybridized carbons (Fsp3) is 0.250. The van der Waals surface area contributed by atoms with Crippen LogP contribution in [0.4, 0.5) is 17.1 Å². The van der Waals surface area contributed by atoms with Crippen molar-refractivity contribution >= 4 is 39.0 Å². The highest BCUT2D eigenvalue weighted by molar-refractivity contribution is 6.12. The van der Waals surface area contributed by atoms with Crippen LogP contribution in [0.3, 0.4) is 0 Å². The van der Waals surface area contributed by atoms with E-state index >= 15 is 0 Å². The van der Waals surface area contributed by atoms with Gasteiger partial charge in [-0.2, -0.15) is 0 Å². The number of para-hydroxylation sites is 1. The predicted octanol–water partition coefficient (Wildman–Crippen LogP) is 15.9. The molecule has 0 saturated heterocycles. The second kappa shape index (κ2) is 12.3. The maximum Gasteiger partial charge on any atom is 0.159 e. The monoisotopic (exact) mass is 755 g/mol. The van der Waals surface area contributed by atoms with E-state index in [-0.39, 0.29) is 21.7 Å². The molecule has 2 aliphatic rings. The van der Waals surface area contributed by atoms with Crippen LogP contribution in [0.15, 0.2) is 144 Å². The van der Waals surface area contributed by atoms with Gasteiger partial charge in [0.15, 0.2) is 5.58 Å². The summed E-state index contributed by atoms with van der Waals surface area (Å²) in [4.78, 5) is 2.47. The Balaban J connectivity index is 1.26. The molecule has 10 rings (SSSR count). The van der Waals surface area contributed by atoms with Crippen molar-refractivity contribution in [3.63, 3.8) is 0 Å². The second-order valence-electron chi connectivity index (χ2n) is 19.9. The van der Waals surface area contributed by atoms with E-state index in [2.05, 4.69) is 214 Å². The van der Waals surface area contributed by atoms with Gasteiger partial charge in [0.25, 0.3) is 0 Å². The van der Waals surface area contributed by atoms with E-state index in [9.17, 15) is 0 Å². The molecular formula is C56H53NO. The molecule has 0 bridgehead atoms. The van der Waals surface area contributed by atoms with Gasteiger partial charge < -0.3 is 9.32 Å². The molecule has 0 N–H and O–H groups in total. The smallest absolute Gasteiger partial charge is 0.159 e. The molecule has 0 unspecified atom stereocenters. The summed E-state index contributed by atoms with van der Waals surface area (Å²) in [6.45, 7) is 23.4. The molecule has 7 aromatic carbocycles. The number of fused-ring (bicyclic) bond motifs is 9. The maximum absolute atomic E-state index is 6.94. The highest BCUT2D eigenvalue weighted by Crippen LogP contribution is 2.55. The first-order chi connectivity index (χ1) is 27.5. The van der Waals surface area contributed by atoms with Crippen molar-refractivity contribution in [2.24, 2.45) is 0 Å². The highest BCUT2D eigenvalue weighted by atomic mass is 16.3. The SMILES string of the molecule is CC(C)(C)c1ccc(-c2cc(N(c3ccc4c(c3)C(C)(C)c3ccccc3-4)c3ccc4c(c3)C(C)(C)c3cccc(C(C)(C)C)c3-4)c3oc4ccccc4c3c2)cc1. The molecule has 0 aliphatic heterocycles. The molecular weight excluding hydrogens is 703 g/mol. The van der Waals surface area contributed by atoms with Gasteiger partial charge in [-0.3, -0.25) is 0 Å². The highest BCUT2D eigenvalue weighted by Gasteiger charge is 2.40. The minimum absolute atomic E-state index is 0.0148. The lowest BCUT2D eigenvalue weighted by atomic mass is 9.79. The van der Waals surface area contributed by atoms with Crippen molar-refractivity contribution in [2.45, 2.75) is 90.9 Å². The maximum atomic E-state index is 6.94. The third-order valence-electron chi connectivity index (χ3n) is 13.4. The minimum Gasteiger partial charge on any atom is -0.454 e. The number of hydrogen-bond acceptors (Lipinski definition) is 2. The molecule has 0 saturated carbocycles. The van der Waals surface area contributed by atoms with Crippen LogP contribution in [0, 0.1) is 0 Å². The first kappa shape index (κ1) is 36.5. The van der Waals surface area contributed by atoms with Gasteiger partial charge in [-0.1, -0.05) is 166 Å². The Hall–Kier alpha value is -5.86. The zero-order chi connectivity index (χ0) is 40.5. The summed E-state index contributed by atoms with van der Waals surface area (Å²) >= 11 is 0. The van der Waals surface area contributed by atoms with Gasteiger partial charge in [-0.15, -0.1) is 0 Å². The molecule has 1 aromatic heterocycles. The van der Waals surface area contributed by atoms with Crippen LogP contribution in [0.1, 0.15) is 103 Å². The first-order valence-corrected chi connectivity index (χ1v) is 20.9. The number of anilines is 3. The van der Waals surface area contributed by atoms with Crippen LogP contribution in [0.25, 0.3) is 55.3 Å². The third kappa shape index (κ3) is 5.37. The molecule has 0 atom stereocenters. The van der Waals surface area contributed by atoms with E-state index in [1.807, 2.05) is 0 Å². The molecule has 0 radical (unpaired) electrons. The molecule has 58 heavy (non-hydrogen) atoms. The average Bonchev–Trinajstić information content (AvgIpc) is 3.77. The molecule has 1 heterocycles. The predicted molar refractivity (Wildman–Crippen MR) is 246 cm³/mol. The lowest BCUT2D eigenvalue weighted by Crippen LogP contribution is -2.18. The Morgan fingerprint density at radius 2 is 1.07 bits per heavy atom. The van der Waals surface area contributed by atoms with Crippen molar-refractivity contribution in [3.05, 3.63) is 173 Å². The van der Waals surface area contributed by atoms with Gasteiger partial charge in [0.1, 0.15) is 5.58 Å². The summed E-state index contributed by atoms with van der Waals surface area (Å²) < 4.78 is 6.94. The van der Waals surface area contributed by atoms with Crippen LogP contribution in [0.5, 0.6) is 0 Å². The molecule has 8 aromatic rings. The summed E-state index contributed by atoms with van der Waals surface area (Å²) in [6.07, 6.45) is 0. The zero-order valence-corrected chi connectivity index (χ0v) is 35.6. The quantitative estimate of drug-likeness (QED) is 0.178. The van der Waals surface area contributed by atoms with E-state index in [0.29, 0.717) is 0 Å². The third-order valence-corrected chi connectivity index (χ3v) is 13.4. The first-order valence-electron chi connectivity index (χ1n) is 20.9. The molecule has 0 spiro atoms. The number of furan rings is 1. The van der Waals surface area contributed by atoms with E-state index in [4.69, 9.17) is 4.42 Å². The normalized spacial score (nSPS) is 15.0. The lowest BCUT2D eigenvalue weighted by molar-refractivity contribution is 0.589. The van der Waals surface area contributed by atoms with Crippen molar-refractivity contribution in [3.8, 4) is 33.4 Å². The molecule has 0 amide bonds. The summed E-state index contributed by atoms with van der Waals surface area (Å²) in [5.41, 5.74) is 20.7. The average molecular weight is 756 g/mol. The van der Waals surface area contributed by atoms with Gasteiger partial charge >= 0.3 is 0 Å². The summed E-state index contributed by atoms with van der Waals surface area (Å²) in [7, 11) is 0. The van der Waals surface area contributed by atoms with Gasteiger partial charge in [0, 0.05) is 33.0 Å².